The molecule has 2 aromatic rings. The van der Waals surface area contributed by atoms with E-state index in [-0.39, 0.29) is 5.91 Å². The van der Waals surface area contributed by atoms with Crippen LogP contribution in [0.15, 0.2) is 22.5 Å². The molecule has 6 nitrogen and oxygen atoms in total. The molecule has 0 radical (unpaired) electrons. The highest BCUT2D eigenvalue weighted by Crippen LogP contribution is 2.32. The molecule has 0 saturated heterocycles. The number of aromatic nitrogens is 2. The lowest BCUT2D eigenvalue weighted by Crippen LogP contribution is -2.13. The molecular formula is C13H15N3O3S2. The van der Waals surface area contributed by atoms with E-state index < -0.39 is 0 Å². The maximum atomic E-state index is 12.3. The van der Waals surface area contributed by atoms with E-state index >= 15 is 0 Å². The molecule has 2 rings (SSSR count). The van der Waals surface area contributed by atoms with Crippen LogP contribution in [0.1, 0.15) is 17.3 Å². The monoisotopic (exact) mass is 325 g/mol. The van der Waals surface area contributed by atoms with E-state index in [2.05, 4.69) is 15.5 Å². The van der Waals surface area contributed by atoms with E-state index in [1.807, 2.05) is 6.92 Å². The minimum absolute atomic E-state index is 0.310. The summed E-state index contributed by atoms with van der Waals surface area (Å²) in [6.07, 6.45) is 0. The highest BCUT2D eigenvalue weighted by molar-refractivity contribution is 8.01. The van der Waals surface area contributed by atoms with Crippen LogP contribution in [0.2, 0.25) is 0 Å². The molecule has 21 heavy (non-hydrogen) atoms. The summed E-state index contributed by atoms with van der Waals surface area (Å²) in [7, 11) is 3.02. The first-order valence-corrected chi connectivity index (χ1v) is 7.98. The van der Waals surface area contributed by atoms with Gasteiger partial charge in [0.1, 0.15) is 0 Å². The van der Waals surface area contributed by atoms with Crippen LogP contribution >= 0.6 is 23.1 Å². The van der Waals surface area contributed by atoms with E-state index in [0.717, 1.165) is 10.1 Å². The number of hydrogen-bond acceptors (Lipinski definition) is 7. The molecule has 1 heterocycles. The lowest BCUT2D eigenvalue weighted by Gasteiger charge is -2.11. The van der Waals surface area contributed by atoms with Crippen molar-refractivity contribution in [1.82, 2.24) is 10.2 Å². The Kier molecular flexibility index (Phi) is 5.40. The van der Waals surface area contributed by atoms with Crippen LogP contribution in [-0.2, 0) is 0 Å². The summed E-state index contributed by atoms with van der Waals surface area (Å²) in [5, 5.41) is 11.1. The molecule has 0 atom stereocenters. The Labute approximate surface area is 130 Å². The number of amides is 1. The van der Waals surface area contributed by atoms with E-state index in [0.29, 0.717) is 22.2 Å². The summed E-state index contributed by atoms with van der Waals surface area (Å²) in [6, 6.07) is 5.13. The Balaban J connectivity index is 2.19. The van der Waals surface area contributed by atoms with Crippen LogP contribution in [0, 0.1) is 0 Å². The molecule has 0 aliphatic rings. The second-order valence-corrected chi connectivity index (χ2v) is 6.29. The van der Waals surface area contributed by atoms with Gasteiger partial charge in [0.05, 0.1) is 19.8 Å². The van der Waals surface area contributed by atoms with Gasteiger partial charge in [0, 0.05) is 0 Å². The van der Waals surface area contributed by atoms with Gasteiger partial charge in [-0.25, -0.2) is 0 Å². The maximum Gasteiger partial charge on any atom is 0.261 e. The SMILES string of the molecule is CCSc1nnc(NC(=O)c2cccc(OC)c2OC)s1. The van der Waals surface area contributed by atoms with Crippen molar-refractivity contribution in [1.29, 1.82) is 0 Å². The summed E-state index contributed by atoms with van der Waals surface area (Å²) in [5.74, 6) is 1.50. The van der Waals surface area contributed by atoms with Gasteiger partial charge in [-0.1, -0.05) is 36.1 Å². The molecular weight excluding hydrogens is 310 g/mol. The minimum Gasteiger partial charge on any atom is -0.493 e. The number of carbonyl (C=O) groups excluding carboxylic acids is 1. The van der Waals surface area contributed by atoms with Crippen LogP contribution in [0.3, 0.4) is 0 Å². The second-order valence-electron chi connectivity index (χ2n) is 3.80. The average Bonchev–Trinajstić information content (AvgIpc) is 2.93. The molecule has 0 aliphatic heterocycles. The van der Waals surface area contributed by atoms with Crippen molar-refractivity contribution in [3.05, 3.63) is 23.8 Å². The first-order valence-electron chi connectivity index (χ1n) is 6.18. The molecule has 112 valence electrons. The standard InChI is InChI=1S/C13H15N3O3S2/c1-4-20-13-16-15-12(21-13)14-11(17)8-6-5-7-9(18-2)10(8)19-3/h5-7H,4H2,1-3H3,(H,14,15,17). The molecule has 0 unspecified atom stereocenters. The average molecular weight is 325 g/mol. The zero-order valence-electron chi connectivity index (χ0n) is 11.9. The second kappa shape index (κ2) is 7.28. The van der Waals surface area contributed by atoms with Crippen molar-refractivity contribution in [2.45, 2.75) is 11.3 Å². The topological polar surface area (TPSA) is 73.3 Å². The van der Waals surface area contributed by atoms with Crippen LogP contribution in [-0.4, -0.2) is 36.1 Å². The van der Waals surface area contributed by atoms with Gasteiger partial charge in [-0.3, -0.25) is 10.1 Å². The molecule has 1 aromatic carbocycles. The number of rotatable bonds is 6. The number of nitrogens with one attached hydrogen (secondary N) is 1. The number of nitrogens with zero attached hydrogens (tertiary/aromatic N) is 2. The largest absolute Gasteiger partial charge is 0.493 e. The van der Waals surface area contributed by atoms with Crippen molar-refractivity contribution in [2.75, 3.05) is 25.3 Å². The Hall–Kier alpha value is -1.80. The summed E-state index contributed by atoms with van der Waals surface area (Å²) in [5.41, 5.74) is 0.386. The quantitative estimate of drug-likeness (QED) is 0.650. The Bertz CT molecular complexity index is 631. The third kappa shape index (κ3) is 3.64. The van der Waals surface area contributed by atoms with Gasteiger partial charge in [0.2, 0.25) is 5.13 Å². The molecule has 1 aromatic heterocycles. The van der Waals surface area contributed by atoms with Gasteiger partial charge >= 0.3 is 0 Å². The zero-order chi connectivity index (χ0) is 15.2. The molecule has 0 aliphatic carbocycles. The van der Waals surface area contributed by atoms with Gasteiger partial charge in [0.15, 0.2) is 15.8 Å². The molecule has 1 N–H and O–H groups in total. The molecule has 8 heteroatoms. The summed E-state index contributed by atoms with van der Waals surface area (Å²) >= 11 is 2.92. The minimum atomic E-state index is -0.310. The molecule has 0 saturated carbocycles. The lowest BCUT2D eigenvalue weighted by molar-refractivity contribution is 0.102. The first-order chi connectivity index (χ1) is 10.2. The fraction of sp³-hybridized carbons (Fsp3) is 0.308. The van der Waals surface area contributed by atoms with Gasteiger partial charge < -0.3 is 9.47 Å². The maximum absolute atomic E-state index is 12.3. The normalized spacial score (nSPS) is 10.2. The van der Waals surface area contributed by atoms with Crippen molar-refractivity contribution in [3.63, 3.8) is 0 Å². The van der Waals surface area contributed by atoms with Gasteiger partial charge in [-0.05, 0) is 17.9 Å². The van der Waals surface area contributed by atoms with Crippen LogP contribution in [0.25, 0.3) is 0 Å². The van der Waals surface area contributed by atoms with Crippen molar-refractivity contribution < 1.29 is 14.3 Å². The zero-order valence-corrected chi connectivity index (χ0v) is 13.5. The Morgan fingerprint density at radius 3 is 2.81 bits per heavy atom. The third-order valence-electron chi connectivity index (χ3n) is 2.54. The fourth-order valence-electron chi connectivity index (χ4n) is 1.67. The number of hydrogen-bond donors (Lipinski definition) is 1. The Morgan fingerprint density at radius 2 is 2.14 bits per heavy atom. The van der Waals surface area contributed by atoms with Gasteiger partial charge in [-0.15, -0.1) is 10.2 Å². The number of benzene rings is 1. The first kappa shape index (κ1) is 15.6. The van der Waals surface area contributed by atoms with E-state index in [1.165, 1.54) is 25.6 Å². The van der Waals surface area contributed by atoms with Gasteiger partial charge in [0.25, 0.3) is 5.91 Å². The van der Waals surface area contributed by atoms with Crippen LogP contribution in [0.5, 0.6) is 11.5 Å². The van der Waals surface area contributed by atoms with Crippen molar-refractivity contribution in [3.8, 4) is 11.5 Å². The number of carbonyl (C=O) groups is 1. The predicted molar refractivity (Wildman–Crippen MR) is 83.8 cm³/mol. The molecule has 0 spiro atoms. The number of anilines is 1. The summed E-state index contributed by atoms with van der Waals surface area (Å²) in [4.78, 5) is 12.3. The van der Waals surface area contributed by atoms with Crippen LogP contribution in [0.4, 0.5) is 5.13 Å². The highest BCUT2D eigenvalue weighted by atomic mass is 32.2. The van der Waals surface area contributed by atoms with E-state index in [1.54, 1.807) is 30.0 Å². The number of para-hydroxylation sites is 1. The number of methoxy groups -OCH3 is 2. The lowest BCUT2D eigenvalue weighted by atomic mass is 10.1. The summed E-state index contributed by atoms with van der Waals surface area (Å²) in [6.45, 7) is 2.03. The fourth-order valence-corrected chi connectivity index (χ4v) is 3.32. The van der Waals surface area contributed by atoms with Crippen LogP contribution < -0.4 is 14.8 Å². The predicted octanol–water partition coefficient (Wildman–Crippen LogP) is 2.92. The molecule has 1 amide bonds. The van der Waals surface area contributed by atoms with Crippen molar-refractivity contribution >= 4 is 34.1 Å². The van der Waals surface area contributed by atoms with Gasteiger partial charge in [-0.2, -0.15) is 0 Å². The third-order valence-corrected chi connectivity index (χ3v) is 4.40. The van der Waals surface area contributed by atoms with Crippen molar-refractivity contribution in [2.24, 2.45) is 0 Å². The van der Waals surface area contributed by atoms with E-state index in [4.69, 9.17) is 9.47 Å². The highest BCUT2D eigenvalue weighted by Gasteiger charge is 2.17. The summed E-state index contributed by atoms with van der Waals surface area (Å²) < 4.78 is 11.3. The molecule has 0 fully saturated rings. The Morgan fingerprint density at radius 1 is 1.33 bits per heavy atom. The number of thioether (sulfide) groups is 1. The smallest absolute Gasteiger partial charge is 0.261 e. The molecule has 0 bridgehead atoms. The number of ether oxygens (including phenoxy) is 2. The van der Waals surface area contributed by atoms with E-state index in [9.17, 15) is 4.79 Å².